The van der Waals surface area contributed by atoms with Gasteiger partial charge in [0.1, 0.15) is 0 Å². The third-order valence-electron chi connectivity index (χ3n) is 5.30. The first-order valence-electron chi connectivity index (χ1n) is 8.58. The van der Waals surface area contributed by atoms with Crippen molar-refractivity contribution in [2.24, 2.45) is 0 Å². The van der Waals surface area contributed by atoms with Gasteiger partial charge in [-0.05, 0) is 69.4 Å². The number of hydrogen-bond acceptors (Lipinski definition) is 3. The van der Waals surface area contributed by atoms with Gasteiger partial charge in [-0.25, -0.2) is 0 Å². The first-order valence-corrected chi connectivity index (χ1v) is 8.58. The summed E-state index contributed by atoms with van der Waals surface area (Å²) >= 11 is 0. The average Bonchev–Trinajstić information content (AvgIpc) is 3.04. The zero-order chi connectivity index (χ0) is 15.3. The van der Waals surface area contributed by atoms with E-state index in [1.165, 1.54) is 49.9 Å². The van der Waals surface area contributed by atoms with Crippen LogP contribution in [-0.4, -0.2) is 35.1 Å². The van der Waals surface area contributed by atoms with Gasteiger partial charge in [0, 0.05) is 17.9 Å². The van der Waals surface area contributed by atoms with Gasteiger partial charge in [0.25, 0.3) is 0 Å². The van der Waals surface area contributed by atoms with Crippen LogP contribution in [0.15, 0.2) is 18.5 Å². The summed E-state index contributed by atoms with van der Waals surface area (Å²) in [7, 11) is 0. The highest BCUT2D eigenvalue weighted by Gasteiger charge is 2.42. The van der Waals surface area contributed by atoms with E-state index in [9.17, 15) is 0 Å². The van der Waals surface area contributed by atoms with E-state index in [0.717, 1.165) is 6.54 Å². The number of rotatable bonds is 7. The van der Waals surface area contributed by atoms with E-state index in [0.29, 0.717) is 6.04 Å². The molecular weight excluding hydrogens is 258 g/mol. The minimum absolute atomic E-state index is 0.209. The van der Waals surface area contributed by atoms with Gasteiger partial charge in [-0.3, -0.25) is 9.88 Å². The third kappa shape index (κ3) is 3.14. The molecule has 1 aliphatic heterocycles. The van der Waals surface area contributed by atoms with Gasteiger partial charge >= 0.3 is 0 Å². The van der Waals surface area contributed by atoms with Crippen molar-refractivity contribution < 1.29 is 0 Å². The average molecular weight is 289 g/mol. The van der Waals surface area contributed by atoms with E-state index >= 15 is 0 Å². The van der Waals surface area contributed by atoms with Crippen LogP contribution in [0.4, 0.5) is 0 Å². The Balaban J connectivity index is 2.43. The predicted octanol–water partition coefficient (Wildman–Crippen LogP) is 3.70. The van der Waals surface area contributed by atoms with Crippen molar-refractivity contribution in [2.75, 3.05) is 19.6 Å². The van der Waals surface area contributed by atoms with E-state index in [1.54, 1.807) is 0 Å². The van der Waals surface area contributed by atoms with Crippen LogP contribution in [0.2, 0.25) is 0 Å². The first-order chi connectivity index (χ1) is 10.2. The summed E-state index contributed by atoms with van der Waals surface area (Å²) in [6, 6.07) is 2.50. The molecule has 0 bridgehead atoms. The van der Waals surface area contributed by atoms with Crippen molar-refractivity contribution in [3.05, 3.63) is 29.6 Å². The molecule has 1 aromatic rings. The van der Waals surface area contributed by atoms with Crippen LogP contribution in [0.5, 0.6) is 0 Å². The van der Waals surface area contributed by atoms with Crippen LogP contribution in [0.3, 0.4) is 0 Å². The highest BCUT2D eigenvalue weighted by molar-refractivity contribution is 5.29. The van der Waals surface area contributed by atoms with Crippen molar-refractivity contribution in [1.82, 2.24) is 15.2 Å². The van der Waals surface area contributed by atoms with Crippen LogP contribution >= 0.6 is 0 Å². The van der Waals surface area contributed by atoms with Crippen molar-refractivity contribution in [1.29, 1.82) is 0 Å². The summed E-state index contributed by atoms with van der Waals surface area (Å²) in [5, 5.41) is 3.78. The molecule has 0 radical (unpaired) electrons. The Morgan fingerprint density at radius 2 is 1.90 bits per heavy atom. The number of pyridine rings is 1. The largest absolute Gasteiger partial charge is 0.309 e. The number of hydrogen-bond donors (Lipinski definition) is 1. The fourth-order valence-electron chi connectivity index (χ4n) is 4.02. The normalized spacial score (nSPS) is 18.1. The standard InChI is InChI=1S/C18H31N3/c1-5-18(6-2,21-12-8-9-13-21)17(20-7-3)16-14-19-11-10-15(16)4/h10-11,14,17,20H,5-9,12-13H2,1-4H3. The molecule has 3 heteroatoms. The first kappa shape index (κ1) is 16.4. The van der Waals surface area contributed by atoms with E-state index < -0.39 is 0 Å². The molecule has 1 unspecified atom stereocenters. The summed E-state index contributed by atoms with van der Waals surface area (Å²) in [6.07, 6.45) is 9.00. The Kier molecular flexibility index (Phi) is 5.77. The summed E-state index contributed by atoms with van der Waals surface area (Å²) in [6.45, 7) is 12.6. The number of likely N-dealkylation sites (tertiary alicyclic amines) is 1. The van der Waals surface area contributed by atoms with Crippen molar-refractivity contribution in [2.45, 2.75) is 65.0 Å². The number of aryl methyl sites for hydroxylation is 1. The Morgan fingerprint density at radius 1 is 1.24 bits per heavy atom. The zero-order valence-electron chi connectivity index (χ0n) is 14.2. The fourth-order valence-corrected chi connectivity index (χ4v) is 4.02. The van der Waals surface area contributed by atoms with Crippen LogP contribution in [0.25, 0.3) is 0 Å². The molecule has 1 aliphatic rings. The molecule has 3 nitrogen and oxygen atoms in total. The lowest BCUT2D eigenvalue weighted by atomic mass is 9.78. The van der Waals surface area contributed by atoms with Crippen molar-refractivity contribution >= 4 is 0 Å². The van der Waals surface area contributed by atoms with Crippen molar-refractivity contribution in [3.63, 3.8) is 0 Å². The highest BCUT2D eigenvalue weighted by atomic mass is 15.2. The summed E-state index contributed by atoms with van der Waals surface area (Å²) in [5.41, 5.74) is 2.93. The van der Waals surface area contributed by atoms with Gasteiger partial charge in [-0.2, -0.15) is 0 Å². The van der Waals surface area contributed by atoms with Gasteiger partial charge < -0.3 is 5.32 Å². The fraction of sp³-hybridized carbons (Fsp3) is 0.722. The molecule has 2 heterocycles. The summed E-state index contributed by atoms with van der Waals surface area (Å²) in [4.78, 5) is 7.13. The Hall–Kier alpha value is -0.930. The van der Waals surface area contributed by atoms with Gasteiger partial charge in [-0.15, -0.1) is 0 Å². The number of aromatic nitrogens is 1. The lowest BCUT2D eigenvalue weighted by Gasteiger charge is -2.47. The third-order valence-corrected chi connectivity index (χ3v) is 5.30. The maximum absolute atomic E-state index is 4.40. The van der Waals surface area contributed by atoms with E-state index in [1.807, 2.05) is 6.20 Å². The molecule has 2 rings (SSSR count). The maximum atomic E-state index is 4.40. The molecule has 0 aromatic carbocycles. The summed E-state index contributed by atoms with van der Waals surface area (Å²) < 4.78 is 0. The maximum Gasteiger partial charge on any atom is 0.0524 e. The minimum Gasteiger partial charge on any atom is -0.309 e. The summed E-state index contributed by atoms with van der Waals surface area (Å²) in [5.74, 6) is 0. The highest BCUT2D eigenvalue weighted by Crippen LogP contribution is 2.40. The Morgan fingerprint density at radius 3 is 2.43 bits per heavy atom. The molecule has 1 atom stereocenters. The predicted molar refractivity (Wildman–Crippen MR) is 89.5 cm³/mol. The molecule has 118 valence electrons. The SMILES string of the molecule is CCNC(c1cnccc1C)C(CC)(CC)N1CCCC1. The molecular formula is C18H31N3. The molecule has 1 saturated heterocycles. The topological polar surface area (TPSA) is 28.2 Å². The van der Waals surface area contributed by atoms with Gasteiger partial charge in [0.2, 0.25) is 0 Å². The number of nitrogens with one attached hydrogen (secondary N) is 1. The van der Waals surface area contributed by atoms with Crippen LogP contribution < -0.4 is 5.32 Å². The molecule has 21 heavy (non-hydrogen) atoms. The molecule has 1 aromatic heterocycles. The monoisotopic (exact) mass is 289 g/mol. The van der Waals surface area contributed by atoms with E-state index in [-0.39, 0.29) is 5.54 Å². The van der Waals surface area contributed by atoms with E-state index in [2.05, 4.69) is 55.2 Å². The molecule has 0 spiro atoms. The lowest BCUT2D eigenvalue weighted by Crippen LogP contribution is -2.55. The van der Waals surface area contributed by atoms with Gasteiger partial charge in [-0.1, -0.05) is 20.8 Å². The molecule has 0 saturated carbocycles. The second-order valence-corrected chi connectivity index (χ2v) is 6.23. The smallest absolute Gasteiger partial charge is 0.0524 e. The lowest BCUT2D eigenvalue weighted by molar-refractivity contribution is 0.0619. The molecule has 0 amide bonds. The van der Waals surface area contributed by atoms with E-state index in [4.69, 9.17) is 0 Å². The molecule has 0 aliphatic carbocycles. The molecule has 1 fully saturated rings. The number of likely N-dealkylation sites (N-methyl/N-ethyl adjacent to an activating group) is 1. The van der Waals surface area contributed by atoms with Gasteiger partial charge in [0.05, 0.1) is 6.04 Å². The quantitative estimate of drug-likeness (QED) is 0.829. The molecule has 1 N–H and O–H groups in total. The second-order valence-electron chi connectivity index (χ2n) is 6.23. The number of nitrogens with zero attached hydrogens (tertiary/aromatic N) is 2. The Labute approximate surface area is 130 Å². The minimum atomic E-state index is 0.209. The second kappa shape index (κ2) is 7.37. The Bertz CT molecular complexity index is 434. The van der Waals surface area contributed by atoms with Crippen LogP contribution in [-0.2, 0) is 0 Å². The van der Waals surface area contributed by atoms with Crippen LogP contribution in [0, 0.1) is 6.92 Å². The zero-order valence-corrected chi connectivity index (χ0v) is 14.2. The van der Waals surface area contributed by atoms with Gasteiger partial charge in [0.15, 0.2) is 0 Å². The van der Waals surface area contributed by atoms with Crippen LogP contribution in [0.1, 0.15) is 63.6 Å². The van der Waals surface area contributed by atoms with Crippen molar-refractivity contribution in [3.8, 4) is 0 Å².